The fraction of sp³-hybridized carbons (Fsp3) is 0.238. The summed E-state index contributed by atoms with van der Waals surface area (Å²) in [6.45, 7) is 0.863. The second-order valence-electron chi connectivity index (χ2n) is 6.68. The molecule has 2 aromatic carbocycles. The molecule has 2 heterocycles. The summed E-state index contributed by atoms with van der Waals surface area (Å²) in [6, 6.07) is 14.3. The number of nitrogens with zero attached hydrogens (tertiary/aromatic N) is 1. The molecule has 0 saturated heterocycles. The first-order chi connectivity index (χ1) is 13.6. The predicted molar refractivity (Wildman–Crippen MR) is 103 cm³/mol. The molecule has 0 spiro atoms. The smallest absolute Gasteiger partial charge is 0.319 e. The van der Waals surface area contributed by atoms with Gasteiger partial charge in [0.05, 0.1) is 38.1 Å². The maximum absolute atomic E-state index is 13.1. The summed E-state index contributed by atoms with van der Waals surface area (Å²) in [5.41, 5.74) is 3.00. The fourth-order valence-electron chi connectivity index (χ4n) is 3.64. The van der Waals surface area contributed by atoms with Crippen molar-refractivity contribution in [3.63, 3.8) is 0 Å². The number of carbonyl (C=O) groups is 2. The molecule has 2 N–H and O–H groups in total. The normalized spacial score (nSPS) is 18.5. The van der Waals surface area contributed by atoms with E-state index in [0.29, 0.717) is 35.9 Å². The van der Waals surface area contributed by atoms with Gasteiger partial charge in [-0.05, 0) is 23.3 Å². The first kappa shape index (κ1) is 17.9. The number of carbonyl (C=O) groups excluding carboxylic acids is 2. The molecule has 7 nitrogen and oxygen atoms in total. The molecule has 2 aromatic rings. The van der Waals surface area contributed by atoms with Crippen LogP contribution in [0.3, 0.4) is 0 Å². The number of ether oxygens (including phenoxy) is 2. The van der Waals surface area contributed by atoms with Gasteiger partial charge in [0.15, 0.2) is 11.5 Å². The van der Waals surface area contributed by atoms with Crippen molar-refractivity contribution >= 4 is 11.9 Å². The molecule has 0 fully saturated rings. The number of benzene rings is 2. The number of methoxy groups -OCH3 is 2. The molecule has 2 aliphatic rings. The minimum Gasteiger partial charge on any atom is -0.493 e. The van der Waals surface area contributed by atoms with Crippen molar-refractivity contribution in [1.82, 2.24) is 15.5 Å². The minimum absolute atomic E-state index is 0.0915. The molecule has 0 radical (unpaired) electrons. The molecule has 0 saturated carbocycles. The lowest BCUT2D eigenvalue weighted by atomic mass is 9.96. The Morgan fingerprint density at radius 3 is 2.50 bits per heavy atom. The number of hydrogen-bond acceptors (Lipinski definition) is 4. The number of amides is 3. The van der Waals surface area contributed by atoms with Crippen molar-refractivity contribution in [2.75, 3.05) is 20.8 Å². The Kier molecular flexibility index (Phi) is 4.65. The van der Waals surface area contributed by atoms with Gasteiger partial charge in [0, 0.05) is 6.54 Å². The third kappa shape index (κ3) is 3.15. The average Bonchev–Trinajstić information content (AvgIpc) is 3.02. The molecule has 0 bridgehead atoms. The molecule has 0 aliphatic carbocycles. The zero-order valence-corrected chi connectivity index (χ0v) is 15.7. The SMILES string of the molecule is COc1ccc([C@@H]2NC(=O)NC3=C2C(=O)N(Cc2ccccc2)C3)cc1OC. The Bertz CT molecular complexity index is 955. The van der Waals surface area contributed by atoms with Gasteiger partial charge >= 0.3 is 6.03 Å². The number of urea groups is 1. The van der Waals surface area contributed by atoms with Crippen LogP contribution in [0.1, 0.15) is 17.2 Å². The van der Waals surface area contributed by atoms with Gasteiger partial charge in [-0.3, -0.25) is 4.79 Å². The molecular weight excluding hydrogens is 358 g/mol. The molecule has 7 heteroatoms. The van der Waals surface area contributed by atoms with Crippen molar-refractivity contribution in [2.45, 2.75) is 12.6 Å². The second kappa shape index (κ2) is 7.26. The molecule has 0 aromatic heterocycles. The number of hydrogen-bond donors (Lipinski definition) is 2. The second-order valence-corrected chi connectivity index (χ2v) is 6.68. The van der Waals surface area contributed by atoms with E-state index in [1.807, 2.05) is 36.4 Å². The van der Waals surface area contributed by atoms with Crippen molar-refractivity contribution < 1.29 is 19.1 Å². The largest absolute Gasteiger partial charge is 0.493 e. The molecule has 1 atom stereocenters. The summed E-state index contributed by atoms with van der Waals surface area (Å²) in [5.74, 6) is 1.04. The molecular formula is C21H21N3O4. The van der Waals surface area contributed by atoms with E-state index in [9.17, 15) is 9.59 Å². The summed E-state index contributed by atoms with van der Waals surface area (Å²) in [4.78, 5) is 27.1. The number of rotatable bonds is 5. The molecule has 0 unspecified atom stereocenters. The average molecular weight is 379 g/mol. The van der Waals surface area contributed by atoms with E-state index in [4.69, 9.17) is 9.47 Å². The number of nitrogens with one attached hydrogen (secondary N) is 2. The highest BCUT2D eigenvalue weighted by atomic mass is 16.5. The summed E-state index contributed by atoms with van der Waals surface area (Å²) < 4.78 is 10.6. The van der Waals surface area contributed by atoms with E-state index >= 15 is 0 Å². The fourth-order valence-corrected chi connectivity index (χ4v) is 3.64. The Labute approximate surface area is 162 Å². The third-order valence-corrected chi connectivity index (χ3v) is 4.98. The molecule has 28 heavy (non-hydrogen) atoms. The van der Waals surface area contributed by atoms with Gasteiger partial charge in [0.2, 0.25) is 0 Å². The van der Waals surface area contributed by atoms with Crippen LogP contribution in [0.2, 0.25) is 0 Å². The van der Waals surface area contributed by atoms with Gasteiger partial charge in [-0.2, -0.15) is 0 Å². The molecule has 144 valence electrons. The first-order valence-electron chi connectivity index (χ1n) is 8.96. The minimum atomic E-state index is -0.545. The van der Waals surface area contributed by atoms with Crippen LogP contribution in [-0.4, -0.2) is 37.6 Å². The summed E-state index contributed by atoms with van der Waals surface area (Å²) in [5, 5.41) is 5.64. The summed E-state index contributed by atoms with van der Waals surface area (Å²) in [7, 11) is 3.11. The standard InChI is InChI=1S/C21H21N3O4/c1-27-16-9-8-14(10-17(16)28-2)19-18-15(22-21(26)23-19)12-24(20(18)25)11-13-6-4-3-5-7-13/h3-10,19H,11-12H2,1-2H3,(H2,22,23,26)/t19-/m0/s1. The van der Waals surface area contributed by atoms with Crippen LogP contribution in [0.4, 0.5) is 4.79 Å². The zero-order valence-electron chi connectivity index (χ0n) is 15.7. The lowest BCUT2D eigenvalue weighted by molar-refractivity contribution is -0.126. The van der Waals surface area contributed by atoms with Crippen LogP contribution in [0.5, 0.6) is 11.5 Å². The highest BCUT2D eigenvalue weighted by Gasteiger charge is 2.40. The predicted octanol–water partition coefficient (Wildman–Crippen LogP) is 2.35. The van der Waals surface area contributed by atoms with E-state index in [0.717, 1.165) is 11.1 Å². The van der Waals surface area contributed by atoms with Crippen molar-refractivity contribution in [3.05, 3.63) is 70.9 Å². The van der Waals surface area contributed by atoms with E-state index in [-0.39, 0.29) is 11.9 Å². The van der Waals surface area contributed by atoms with Gasteiger partial charge in [0.25, 0.3) is 5.91 Å². The van der Waals surface area contributed by atoms with Crippen LogP contribution < -0.4 is 20.1 Å². The van der Waals surface area contributed by atoms with E-state index in [2.05, 4.69) is 10.6 Å². The Hall–Kier alpha value is -3.48. The van der Waals surface area contributed by atoms with Gasteiger partial charge < -0.3 is 25.0 Å². The van der Waals surface area contributed by atoms with Crippen molar-refractivity contribution in [2.24, 2.45) is 0 Å². The van der Waals surface area contributed by atoms with Crippen LogP contribution in [0, 0.1) is 0 Å². The molecule has 3 amide bonds. The maximum atomic E-state index is 13.1. The van der Waals surface area contributed by atoms with E-state index in [1.54, 1.807) is 31.3 Å². The molecule has 4 rings (SSSR count). The Balaban J connectivity index is 1.65. The van der Waals surface area contributed by atoms with E-state index < -0.39 is 6.04 Å². The highest BCUT2D eigenvalue weighted by Crippen LogP contribution is 2.36. The van der Waals surface area contributed by atoms with Crippen molar-refractivity contribution in [3.8, 4) is 11.5 Å². The zero-order chi connectivity index (χ0) is 19.7. The topological polar surface area (TPSA) is 79.9 Å². The first-order valence-corrected chi connectivity index (χ1v) is 8.96. The Morgan fingerprint density at radius 1 is 1.04 bits per heavy atom. The van der Waals surface area contributed by atoms with Gasteiger partial charge in [-0.1, -0.05) is 36.4 Å². The highest BCUT2D eigenvalue weighted by molar-refractivity contribution is 6.01. The summed E-state index contributed by atoms with van der Waals surface area (Å²) >= 11 is 0. The van der Waals surface area contributed by atoms with E-state index in [1.165, 1.54) is 0 Å². The molecule has 2 aliphatic heterocycles. The van der Waals surface area contributed by atoms with Gasteiger partial charge in [-0.25, -0.2) is 4.79 Å². The van der Waals surface area contributed by atoms with Gasteiger partial charge in [0.1, 0.15) is 0 Å². The van der Waals surface area contributed by atoms with Gasteiger partial charge in [-0.15, -0.1) is 0 Å². The maximum Gasteiger partial charge on any atom is 0.319 e. The van der Waals surface area contributed by atoms with Crippen LogP contribution >= 0.6 is 0 Å². The quantitative estimate of drug-likeness (QED) is 0.836. The monoisotopic (exact) mass is 379 g/mol. The third-order valence-electron chi connectivity index (χ3n) is 4.98. The van der Waals surface area contributed by atoms with Crippen LogP contribution in [0.15, 0.2) is 59.8 Å². The van der Waals surface area contributed by atoms with Crippen LogP contribution in [-0.2, 0) is 11.3 Å². The van der Waals surface area contributed by atoms with Crippen molar-refractivity contribution in [1.29, 1.82) is 0 Å². The summed E-state index contributed by atoms with van der Waals surface area (Å²) in [6.07, 6.45) is 0. The lowest BCUT2D eigenvalue weighted by Crippen LogP contribution is -2.44. The Morgan fingerprint density at radius 2 is 1.79 bits per heavy atom. The lowest BCUT2D eigenvalue weighted by Gasteiger charge is -2.26. The van der Waals surface area contributed by atoms with Crippen LogP contribution in [0.25, 0.3) is 0 Å².